The summed E-state index contributed by atoms with van der Waals surface area (Å²) in [7, 11) is 0.925. The second kappa shape index (κ2) is 4.36. The Morgan fingerprint density at radius 1 is 1.00 bits per heavy atom. The van der Waals surface area contributed by atoms with Crippen molar-refractivity contribution in [2.24, 2.45) is 0 Å². The fraction of sp³-hybridized carbons (Fsp3) is 0.0556. The molecule has 0 amide bonds. The molecule has 1 aliphatic heterocycles. The molecule has 2 aromatic carbocycles. The van der Waals surface area contributed by atoms with Gasteiger partial charge in [0.05, 0.1) is 21.4 Å². The predicted molar refractivity (Wildman–Crippen MR) is 93.2 cm³/mol. The molecule has 0 radical (unpaired) electrons. The highest BCUT2D eigenvalue weighted by atomic mass is 28.1. The van der Waals surface area contributed by atoms with E-state index in [9.17, 15) is 4.79 Å². The summed E-state index contributed by atoms with van der Waals surface area (Å²) in [5.41, 5.74) is 2.49. The Kier molecular flexibility index (Phi) is 2.41. The molecule has 0 aliphatic carbocycles. The number of hydrogen-bond donors (Lipinski definition) is 0. The van der Waals surface area contributed by atoms with Gasteiger partial charge in [0.15, 0.2) is 5.58 Å². The van der Waals surface area contributed by atoms with Gasteiger partial charge in [-0.1, -0.05) is 18.2 Å². The van der Waals surface area contributed by atoms with Crippen molar-refractivity contribution in [3.05, 3.63) is 58.5 Å². The van der Waals surface area contributed by atoms with Gasteiger partial charge >= 0.3 is 5.63 Å². The Hall–Kier alpha value is -2.79. The van der Waals surface area contributed by atoms with Crippen molar-refractivity contribution in [2.75, 3.05) is 0 Å². The highest BCUT2D eigenvalue weighted by Crippen LogP contribution is 2.37. The van der Waals surface area contributed by atoms with Gasteiger partial charge in [-0.3, -0.25) is 0 Å². The first-order valence-corrected chi connectivity index (χ1v) is 8.63. The van der Waals surface area contributed by atoms with Crippen molar-refractivity contribution >= 4 is 49.2 Å². The third-order valence-electron chi connectivity index (χ3n) is 4.22. The summed E-state index contributed by atoms with van der Waals surface area (Å²) in [5, 5.41) is 2.05. The van der Waals surface area contributed by atoms with Crippen LogP contribution in [-0.2, 0) is 0 Å². The fourth-order valence-corrected chi connectivity index (χ4v) is 3.58. The summed E-state index contributed by atoms with van der Waals surface area (Å²) in [6.45, 7) is 0. The van der Waals surface area contributed by atoms with Crippen LogP contribution < -0.4 is 10.4 Å². The van der Waals surface area contributed by atoms with E-state index in [1.807, 2.05) is 42.5 Å². The van der Waals surface area contributed by atoms with Crippen LogP contribution in [0, 0.1) is 0 Å². The Bertz CT molecular complexity index is 1180. The van der Waals surface area contributed by atoms with Crippen LogP contribution in [0.15, 0.2) is 56.1 Å². The first kappa shape index (κ1) is 12.7. The lowest BCUT2D eigenvalue weighted by Crippen LogP contribution is -2.16. The molecule has 0 spiro atoms. The van der Waals surface area contributed by atoms with Crippen molar-refractivity contribution < 1.29 is 13.6 Å². The molecule has 3 heterocycles. The molecule has 2 aromatic heterocycles. The lowest BCUT2D eigenvalue weighted by molar-refractivity contribution is 0.321. The molecule has 1 unspecified atom stereocenters. The van der Waals surface area contributed by atoms with Gasteiger partial charge in [-0.2, -0.15) is 0 Å². The lowest BCUT2D eigenvalue weighted by Gasteiger charge is -2.17. The van der Waals surface area contributed by atoms with E-state index in [0.717, 1.165) is 32.3 Å². The number of ether oxygens (including phenoxy) is 1. The molecule has 0 fully saturated rings. The van der Waals surface area contributed by atoms with Gasteiger partial charge in [0.2, 0.25) is 0 Å². The maximum absolute atomic E-state index is 12.4. The zero-order valence-electron chi connectivity index (χ0n) is 12.3. The van der Waals surface area contributed by atoms with Crippen molar-refractivity contribution in [1.82, 2.24) is 0 Å². The van der Waals surface area contributed by atoms with Crippen LogP contribution in [0.3, 0.4) is 0 Å². The molecule has 1 atom stereocenters. The monoisotopic (exact) mass is 320 g/mol. The van der Waals surface area contributed by atoms with Crippen molar-refractivity contribution in [3.63, 3.8) is 0 Å². The van der Waals surface area contributed by atoms with E-state index in [1.54, 1.807) is 6.07 Å². The summed E-state index contributed by atoms with van der Waals surface area (Å²) in [6.07, 6.45) is 4.08. The standard InChI is InChI=1S/C18H12O4Si/c19-18-16-11-7-9-5-6-15(23)20-13(9)8-14(11)21-17(16)10-3-1-2-4-12(10)22-18/h1-8,15H,23H3. The maximum atomic E-state index is 12.4. The maximum Gasteiger partial charge on any atom is 0.348 e. The van der Waals surface area contributed by atoms with Crippen molar-refractivity contribution in [3.8, 4) is 5.75 Å². The zero-order chi connectivity index (χ0) is 15.6. The number of benzene rings is 2. The van der Waals surface area contributed by atoms with Gasteiger partial charge in [-0.25, -0.2) is 4.79 Å². The number of fused-ring (bicyclic) bond motifs is 6. The van der Waals surface area contributed by atoms with Crippen LogP contribution in [0.2, 0.25) is 0 Å². The average molecular weight is 320 g/mol. The molecule has 1 aliphatic rings. The summed E-state index contributed by atoms with van der Waals surface area (Å²) < 4.78 is 17.3. The number of rotatable bonds is 0. The molecule has 0 N–H and O–H groups in total. The number of furan rings is 1. The molecule has 0 saturated heterocycles. The zero-order valence-corrected chi connectivity index (χ0v) is 14.3. The van der Waals surface area contributed by atoms with Crippen LogP contribution in [0.1, 0.15) is 5.56 Å². The molecular weight excluding hydrogens is 308 g/mol. The highest BCUT2D eigenvalue weighted by molar-refractivity contribution is 6.15. The summed E-state index contributed by atoms with van der Waals surface area (Å²) in [6, 6.07) is 11.2. The Labute approximate surface area is 133 Å². The van der Waals surface area contributed by atoms with Crippen molar-refractivity contribution in [1.29, 1.82) is 0 Å². The Morgan fingerprint density at radius 2 is 1.87 bits per heavy atom. The van der Waals surface area contributed by atoms with E-state index < -0.39 is 0 Å². The molecule has 23 heavy (non-hydrogen) atoms. The fourth-order valence-electron chi connectivity index (χ4n) is 3.14. The van der Waals surface area contributed by atoms with Gasteiger partial charge in [0.1, 0.15) is 22.3 Å². The molecule has 5 rings (SSSR count). The van der Waals surface area contributed by atoms with Crippen LogP contribution in [0.5, 0.6) is 5.75 Å². The number of hydrogen-bond acceptors (Lipinski definition) is 4. The van der Waals surface area contributed by atoms with E-state index in [0.29, 0.717) is 22.1 Å². The second-order valence-corrected chi connectivity index (χ2v) is 6.90. The third kappa shape index (κ3) is 1.74. The molecule has 4 nitrogen and oxygen atoms in total. The van der Waals surface area contributed by atoms with Gasteiger partial charge in [0.25, 0.3) is 0 Å². The van der Waals surface area contributed by atoms with E-state index in [4.69, 9.17) is 13.6 Å². The highest BCUT2D eigenvalue weighted by Gasteiger charge is 2.19. The van der Waals surface area contributed by atoms with E-state index in [-0.39, 0.29) is 11.4 Å². The minimum atomic E-state index is -0.376. The van der Waals surface area contributed by atoms with Crippen LogP contribution in [-0.4, -0.2) is 16.0 Å². The minimum absolute atomic E-state index is 0.162. The molecule has 0 bridgehead atoms. The molecule has 0 saturated carbocycles. The molecule has 5 heteroatoms. The first-order chi connectivity index (χ1) is 11.2. The SMILES string of the molecule is O=c1oc2ccccc2c2oc3cc4c(cc3c12)C=CC([SiH3])O4. The summed E-state index contributed by atoms with van der Waals surface area (Å²) in [4.78, 5) is 12.4. The quantitative estimate of drug-likeness (QED) is 0.369. The normalized spacial score (nSPS) is 17.0. The van der Waals surface area contributed by atoms with Gasteiger partial charge < -0.3 is 13.6 Å². The van der Waals surface area contributed by atoms with E-state index >= 15 is 0 Å². The molecular formula is C18H12O4Si. The number of para-hydroxylation sites is 1. The van der Waals surface area contributed by atoms with Crippen molar-refractivity contribution in [2.45, 2.75) is 5.73 Å². The summed E-state index contributed by atoms with van der Waals surface area (Å²) in [5.74, 6) is 0.799. The van der Waals surface area contributed by atoms with Gasteiger partial charge in [0, 0.05) is 17.0 Å². The minimum Gasteiger partial charge on any atom is -0.490 e. The van der Waals surface area contributed by atoms with Crippen LogP contribution in [0.25, 0.3) is 39.0 Å². The van der Waals surface area contributed by atoms with Crippen LogP contribution >= 0.6 is 0 Å². The second-order valence-electron chi connectivity index (χ2n) is 5.76. The van der Waals surface area contributed by atoms with Crippen LogP contribution in [0.4, 0.5) is 0 Å². The van der Waals surface area contributed by atoms with Gasteiger partial charge in [-0.15, -0.1) is 0 Å². The first-order valence-electron chi connectivity index (χ1n) is 7.48. The smallest absolute Gasteiger partial charge is 0.348 e. The Balaban J connectivity index is 1.97. The largest absolute Gasteiger partial charge is 0.490 e. The Morgan fingerprint density at radius 3 is 2.78 bits per heavy atom. The topological polar surface area (TPSA) is 52.6 Å². The third-order valence-corrected chi connectivity index (χ3v) is 4.84. The van der Waals surface area contributed by atoms with E-state index in [2.05, 4.69) is 0 Å². The lowest BCUT2D eigenvalue weighted by atomic mass is 10.1. The van der Waals surface area contributed by atoms with Gasteiger partial charge in [-0.05, 0) is 24.3 Å². The molecule has 112 valence electrons. The predicted octanol–water partition coefficient (Wildman–Crippen LogP) is 2.79. The van der Waals surface area contributed by atoms with E-state index in [1.165, 1.54) is 0 Å². The molecule has 4 aromatic rings. The summed E-state index contributed by atoms with van der Waals surface area (Å²) >= 11 is 0. The average Bonchev–Trinajstić information content (AvgIpc) is 2.92.